The maximum Gasteiger partial charge on any atom is 0.311 e. The third-order valence-corrected chi connectivity index (χ3v) is 4.95. The number of carboxylic acid groups (broad SMARTS) is 1. The molecule has 1 unspecified atom stereocenters. The van der Waals surface area contributed by atoms with E-state index in [0.29, 0.717) is 25.8 Å². The molecule has 21 heavy (non-hydrogen) atoms. The van der Waals surface area contributed by atoms with E-state index in [1.54, 1.807) is 4.90 Å². The minimum atomic E-state index is -0.735. The molecule has 0 aliphatic carbocycles. The maximum atomic E-state index is 12.4. The van der Waals surface area contributed by atoms with Gasteiger partial charge in [0.15, 0.2) is 0 Å². The highest BCUT2D eigenvalue weighted by atomic mass is 16.4. The maximum absolute atomic E-state index is 12.4. The van der Waals surface area contributed by atoms with Crippen LogP contribution in [0.1, 0.15) is 51.9 Å². The molecule has 0 saturated carbocycles. The van der Waals surface area contributed by atoms with Crippen molar-refractivity contribution in [2.75, 3.05) is 32.7 Å². The van der Waals surface area contributed by atoms with Gasteiger partial charge >= 0.3 is 5.97 Å². The molecule has 2 heterocycles. The summed E-state index contributed by atoms with van der Waals surface area (Å²) in [6, 6.07) is 0. The minimum Gasteiger partial charge on any atom is -0.481 e. The second-order valence-corrected chi connectivity index (χ2v) is 6.55. The third-order valence-electron chi connectivity index (χ3n) is 4.95. The highest BCUT2D eigenvalue weighted by molar-refractivity contribution is 5.79. The number of carboxylic acids is 1. The molecule has 0 spiro atoms. The van der Waals surface area contributed by atoms with Crippen molar-refractivity contribution in [3.8, 4) is 0 Å². The van der Waals surface area contributed by atoms with Gasteiger partial charge < -0.3 is 14.9 Å². The van der Waals surface area contributed by atoms with E-state index >= 15 is 0 Å². The average Bonchev–Trinajstić information content (AvgIpc) is 2.98. The number of likely N-dealkylation sites (tertiary alicyclic amines) is 2. The van der Waals surface area contributed by atoms with Crippen LogP contribution in [0.2, 0.25) is 0 Å². The van der Waals surface area contributed by atoms with Gasteiger partial charge in [-0.15, -0.1) is 0 Å². The van der Waals surface area contributed by atoms with Crippen LogP contribution in [0.5, 0.6) is 0 Å². The molecular formula is C16H28N2O3. The Labute approximate surface area is 127 Å². The molecule has 0 radical (unpaired) electrons. The molecule has 2 aliphatic heterocycles. The molecule has 1 amide bonds. The number of rotatable bonds is 6. The zero-order valence-corrected chi connectivity index (χ0v) is 13.1. The topological polar surface area (TPSA) is 60.9 Å². The Morgan fingerprint density at radius 2 is 1.86 bits per heavy atom. The van der Waals surface area contributed by atoms with Gasteiger partial charge in [0, 0.05) is 26.1 Å². The quantitative estimate of drug-likeness (QED) is 0.814. The first kappa shape index (κ1) is 16.3. The van der Waals surface area contributed by atoms with Crippen molar-refractivity contribution >= 4 is 11.9 Å². The van der Waals surface area contributed by atoms with Crippen LogP contribution in [-0.2, 0) is 9.59 Å². The van der Waals surface area contributed by atoms with Crippen LogP contribution in [0, 0.1) is 5.41 Å². The largest absolute Gasteiger partial charge is 0.481 e. The van der Waals surface area contributed by atoms with Gasteiger partial charge in [-0.1, -0.05) is 13.3 Å². The number of amides is 1. The van der Waals surface area contributed by atoms with Crippen molar-refractivity contribution in [2.45, 2.75) is 51.9 Å². The van der Waals surface area contributed by atoms with Crippen LogP contribution in [0.25, 0.3) is 0 Å². The van der Waals surface area contributed by atoms with E-state index in [1.165, 1.54) is 12.8 Å². The summed E-state index contributed by atoms with van der Waals surface area (Å²) in [7, 11) is 0. The lowest BCUT2D eigenvalue weighted by Crippen LogP contribution is -2.50. The average molecular weight is 296 g/mol. The van der Waals surface area contributed by atoms with Crippen LogP contribution < -0.4 is 0 Å². The first-order valence-electron chi connectivity index (χ1n) is 8.31. The molecule has 0 aromatic heterocycles. The van der Waals surface area contributed by atoms with Gasteiger partial charge in [0.1, 0.15) is 0 Å². The zero-order valence-electron chi connectivity index (χ0n) is 13.1. The molecule has 1 N–H and O–H groups in total. The van der Waals surface area contributed by atoms with Gasteiger partial charge in [0.05, 0.1) is 5.41 Å². The monoisotopic (exact) mass is 296 g/mol. The Bertz CT molecular complexity index is 376. The predicted molar refractivity (Wildman–Crippen MR) is 81.1 cm³/mol. The predicted octanol–water partition coefficient (Wildman–Crippen LogP) is 1.97. The lowest BCUT2D eigenvalue weighted by atomic mass is 9.76. The smallest absolute Gasteiger partial charge is 0.311 e. The summed E-state index contributed by atoms with van der Waals surface area (Å²) >= 11 is 0. The fraction of sp³-hybridized carbons (Fsp3) is 0.875. The molecule has 0 aromatic carbocycles. The van der Waals surface area contributed by atoms with Crippen LogP contribution in [-0.4, -0.2) is 59.5 Å². The summed E-state index contributed by atoms with van der Waals surface area (Å²) in [4.78, 5) is 28.2. The van der Waals surface area contributed by atoms with Gasteiger partial charge in [0.25, 0.3) is 0 Å². The van der Waals surface area contributed by atoms with Gasteiger partial charge in [-0.25, -0.2) is 0 Å². The summed E-state index contributed by atoms with van der Waals surface area (Å²) in [6.45, 7) is 6.15. The second-order valence-electron chi connectivity index (χ2n) is 6.55. The van der Waals surface area contributed by atoms with E-state index in [1.807, 2.05) is 6.92 Å². The Balaban J connectivity index is 1.89. The second kappa shape index (κ2) is 7.25. The molecule has 2 fully saturated rings. The van der Waals surface area contributed by atoms with Gasteiger partial charge in [-0.2, -0.15) is 0 Å². The standard InChI is InChI=1S/C16H28N2O3/c1-2-7-16(15(20)21)8-5-11-18(13-16)14(19)6-12-17-9-3-4-10-17/h2-13H2,1H3,(H,20,21). The zero-order chi connectivity index (χ0) is 15.3. The van der Waals surface area contributed by atoms with Crippen molar-refractivity contribution < 1.29 is 14.7 Å². The van der Waals surface area contributed by atoms with Crippen molar-refractivity contribution in [2.24, 2.45) is 5.41 Å². The molecular weight excluding hydrogens is 268 g/mol. The Hall–Kier alpha value is -1.10. The van der Waals surface area contributed by atoms with Crippen LogP contribution >= 0.6 is 0 Å². The number of carbonyl (C=O) groups excluding carboxylic acids is 1. The number of carbonyl (C=O) groups is 2. The van der Waals surface area contributed by atoms with Crippen molar-refractivity contribution in [1.29, 1.82) is 0 Å². The Kier molecular flexibility index (Phi) is 5.62. The highest BCUT2D eigenvalue weighted by Crippen LogP contribution is 2.35. The number of piperidine rings is 1. The SMILES string of the molecule is CCCC1(C(=O)O)CCCN(C(=O)CCN2CCCC2)C1. The summed E-state index contributed by atoms with van der Waals surface area (Å²) in [5.41, 5.74) is -0.712. The Morgan fingerprint density at radius 3 is 2.48 bits per heavy atom. The van der Waals surface area contributed by atoms with Crippen LogP contribution in [0.4, 0.5) is 0 Å². The van der Waals surface area contributed by atoms with Crippen molar-refractivity contribution in [1.82, 2.24) is 9.80 Å². The summed E-state index contributed by atoms with van der Waals surface area (Å²) < 4.78 is 0. The first-order chi connectivity index (χ1) is 10.1. The molecule has 1 atom stereocenters. The van der Waals surface area contributed by atoms with Crippen molar-refractivity contribution in [3.63, 3.8) is 0 Å². The Morgan fingerprint density at radius 1 is 1.14 bits per heavy atom. The number of hydrogen-bond donors (Lipinski definition) is 1. The van der Waals surface area contributed by atoms with E-state index in [0.717, 1.165) is 39.0 Å². The van der Waals surface area contributed by atoms with Crippen molar-refractivity contribution in [3.05, 3.63) is 0 Å². The molecule has 120 valence electrons. The highest BCUT2D eigenvalue weighted by Gasteiger charge is 2.42. The molecule has 2 saturated heterocycles. The van der Waals surface area contributed by atoms with E-state index in [9.17, 15) is 14.7 Å². The molecule has 5 nitrogen and oxygen atoms in total. The summed E-state index contributed by atoms with van der Waals surface area (Å²) in [5.74, 6) is -0.607. The number of aliphatic carboxylic acids is 1. The molecule has 0 aromatic rings. The minimum absolute atomic E-state index is 0.128. The first-order valence-corrected chi connectivity index (χ1v) is 8.31. The van der Waals surface area contributed by atoms with E-state index in [4.69, 9.17) is 0 Å². The van der Waals surface area contributed by atoms with Gasteiger partial charge in [-0.3, -0.25) is 9.59 Å². The number of hydrogen-bond acceptors (Lipinski definition) is 3. The van der Waals surface area contributed by atoms with Crippen LogP contribution in [0.15, 0.2) is 0 Å². The van der Waals surface area contributed by atoms with E-state index in [-0.39, 0.29) is 5.91 Å². The van der Waals surface area contributed by atoms with Gasteiger partial charge in [0.2, 0.25) is 5.91 Å². The molecule has 2 rings (SSSR count). The van der Waals surface area contributed by atoms with E-state index in [2.05, 4.69) is 4.90 Å². The summed E-state index contributed by atoms with van der Waals surface area (Å²) in [6.07, 6.45) is 6.02. The third kappa shape index (κ3) is 3.96. The molecule has 0 bridgehead atoms. The lowest BCUT2D eigenvalue weighted by molar-refractivity contribution is -0.155. The fourth-order valence-corrected chi connectivity index (χ4v) is 3.73. The number of nitrogens with zero attached hydrogens (tertiary/aromatic N) is 2. The summed E-state index contributed by atoms with van der Waals surface area (Å²) in [5, 5.41) is 9.58. The molecule has 2 aliphatic rings. The van der Waals surface area contributed by atoms with Crippen LogP contribution in [0.3, 0.4) is 0 Å². The lowest BCUT2D eigenvalue weighted by Gasteiger charge is -2.40. The van der Waals surface area contributed by atoms with E-state index < -0.39 is 11.4 Å². The normalized spacial score (nSPS) is 27.0. The fourth-order valence-electron chi connectivity index (χ4n) is 3.73. The van der Waals surface area contributed by atoms with Gasteiger partial charge in [-0.05, 0) is 45.2 Å². The molecule has 5 heteroatoms.